The van der Waals surface area contributed by atoms with Gasteiger partial charge < -0.3 is 4.74 Å². The van der Waals surface area contributed by atoms with Crippen molar-refractivity contribution in [2.75, 3.05) is 0 Å². The first kappa shape index (κ1) is 17.4. The van der Waals surface area contributed by atoms with E-state index >= 15 is 0 Å². The second-order valence-electron chi connectivity index (χ2n) is 4.91. The first-order valence-electron chi connectivity index (χ1n) is 6.70. The summed E-state index contributed by atoms with van der Waals surface area (Å²) in [5.41, 5.74) is -0.518. The van der Waals surface area contributed by atoms with Crippen molar-refractivity contribution in [3.63, 3.8) is 0 Å². The standard InChI is InChI=1S/C15H14F3NO3S/c1-23-12(8-19-14(23)21)5-6-13(20)22-9-10-3-2-4-11(7-10)15(16,17)18/h2-4,7-8,12H,1,5-6,9H2. The molecule has 1 aliphatic rings. The van der Waals surface area contributed by atoms with Crippen molar-refractivity contribution in [2.45, 2.75) is 30.9 Å². The van der Waals surface area contributed by atoms with E-state index in [4.69, 9.17) is 4.74 Å². The van der Waals surface area contributed by atoms with Crippen LogP contribution in [0.5, 0.6) is 0 Å². The number of aliphatic imine (C=N–C) groups is 1. The van der Waals surface area contributed by atoms with Crippen molar-refractivity contribution in [3.05, 3.63) is 35.4 Å². The van der Waals surface area contributed by atoms with Crippen LogP contribution >= 0.6 is 10.5 Å². The van der Waals surface area contributed by atoms with Crippen LogP contribution < -0.4 is 0 Å². The van der Waals surface area contributed by atoms with E-state index in [9.17, 15) is 22.8 Å². The SMILES string of the molecule is C=S1C(=O)N=CC1CCC(=O)OCc1cccc(C(F)(F)F)c1. The summed E-state index contributed by atoms with van der Waals surface area (Å²) in [7, 11) is -0.769. The fraction of sp³-hybridized carbons (Fsp3) is 0.333. The molecule has 1 aromatic rings. The highest BCUT2D eigenvalue weighted by molar-refractivity contribution is 8.28. The second kappa shape index (κ2) is 7.08. The number of alkyl halides is 3. The minimum Gasteiger partial charge on any atom is -0.461 e. The van der Waals surface area contributed by atoms with Gasteiger partial charge in [0.15, 0.2) is 0 Å². The Labute approximate surface area is 133 Å². The lowest BCUT2D eigenvalue weighted by atomic mass is 10.1. The molecule has 1 aliphatic heterocycles. The Hall–Kier alpha value is -1.96. The number of carbonyl (C=O) groups is 2. The number of esters is 1. The van der Waals surface area contributed by atoms with Gasteiger partial charge in [-0.25, -0.2) is 4.99 Å². The fourth-order valence-corrected chi connectivity index (χ4v) is 3.03. The minimum atomic E-state index is -4.43. The molecule has 2 atom stereocenters. The van der Waals surface area contributed by atoms with E-state index in [2.05, 4.69) is 10.9 Å². The van der Waals surface area contributed by atoms with Crippen molar-refractivity contribution < 1.29 is 27.5 Å². The van der Waals surface area contributed by atoms with Crippen LogP contribution in [0.25, 0.3) is 0 Å². The summed E-state index contributed by atoms with van der Waals surface area (Å²) in [5, 5.41) is -0.462. The van der Waals surface area contributed by atoms with Crippen LogP contribution in [0.1, 0.15) is 24.0 Å². The third-order valence-corrected chi connectivity index (χ3v) is 4.87. The molecule has 1 amide bonds. The van der Waals surface area contributed by atoms with Gasteiger partial charge in [-0.1, -0.05) is 28.5 Å². The monoisotopic (exact) mass is 345 g/mol. The third-order valence-electron chi connectivity index (χ3n) is 3.22. The first-order valence-corrected chi connectivity index (χ1v) is 8.16. The summed E-state index contributed by atoms with van der Waals surface area (Å²) >= 11 is 0. The zero-order chi connectivity index (χ0) is 17.0. The van der Waals surface area contributed by atoms with Gasteiger partial charge >= 0.3 is 12.1 Å². The van der Waals surface area contributed by atoms with Gasteiger partial charge in [0.2, 0.25) is 0 Å². The molecule has 0 aromatic heterocycles. The molecule has 124 valence electrons. The zero-order valence-electron chi connectivity index (χ0n) is 12.0. The van der Waals surface area contributed by atoms with Crippen LogP contribution in [-0.2, 0) is 22.3 Å². The Kier molecular flexibility index (Phi) is 5.35. The van der Waals surface area contributed by atoms with Crippen LogP contribution in [0.2, 0.25) is 0 Å². The van der Waals surface area contributed by atoms with E-state index in [1.807, 2.05) is 0 Å². The number of nitrogens with zero attached hydrogens (tertiary/aromatic N) is 1. The Balaban J connectivity index is 1.82. The molecule has 8 heteroatoms. The predicted molar refractivity (Wildman–Crippen MR) is 82.9 cm³/mol. The smallest absolute Gasteiger partial charge is 0.416 e. The topological polar surface area (TPSA) is 55.7 Å². The molecular formula is C15H14F3NO3S. The molecule has 0 saturated heterocycles. The summed E-state index contributed by atoms with van der Waals surface area (Å²) in [6, 6.07) is 4.62. The minimum absolute atomic E-state index is 0.0575. The molecule has 4 nitrogen and oxygen atoms in total. The molecule has 2 unspecified atom stereocenters. The average Bonchev–Trinajstić information content (AvgIpc) is 2.82. The van der Waals surface area contributed by atoms with Crippen LogP contribution in [0.15, 0.2) is 29.3 Å². The predicted octanol–water partition coefficient (Wildman–Crippen LogP) is 3.80. The number of rotatable bonds is 5. The Morgan fingerprint density at radius 3 is 2.74 bits per heavy atom. The molecule has 0 spiro atoms. The first-order chi connectivity index (χ1) is 10.8. The highest BCUT2D eigenvalue weighted by Gasteiger charge is 2.30. The summed E-state index contributed by atoms with van der Waals surface area (Å²) in [5.74, 6) is 3.16. The van der Waals surface area contributed by atoms with Crippen molar-refractivity contribution in [1.29, 1.82) is 0 Å². The lowest BCUT2D eigenvalue weighted by molar-refractivity contribution is -0.145. The summed E-state index contributed by atoms with van der Waals surface area (Å²) in [6.07, 6.45) is -2.51. The highest BCUT2D eigenvalue weighted by atomic mass is 32.2. The Morgan fingerprint density at radius 1 is 1.39 bits per heavy atom. The van der Waals surface area contributed by atoms with Crippen molar-refractivity contribution in [3.8, 4) is 0 Å². The molecule has 0 fully saturated rings. The van der Waals surface area contributed by atoms with E-state index < -0.39 is 28.2 Å². The largest absolute Gasteiger partial charge is 0.461 e. The lowest BCUT2D eigenvalue weighted by Gasteiger charge is -2.10. The van der Waals surface area contributed by atoms with E-state index in [-0.39, 0.29) is 29.1 Å². The van der Waals surface area contributed by atoms with Gasteiger partial charge in [0.05, 0.1) is 5.56 Å². The Morgan fingerprint density at radius 2 is 2.13 bits per heavy atom. The van der Waals surface area contributed by atoms with Gasteiger partial charge in [-0.15, -0.1) is 0 Å². The summed E-state index contributed by atoms with van der Waals surface area (Å²) in [6.45, 7) is -0.226. The molecular weight excluding hydrogens is 331 g/mol. The van der Waals surface area contributed by atoms with Crippen LogP contribution in [0.3, 0.4) is 0 Å². The van der Waals surface area contributed by atoms with Crippen molar-refractivity contribution >= 4 is 33.8 Å². The number of benzene rings is 1. The zero-order valence-corrected chi connectivity index (χ0v) is 12.8. The number of halogens is 3. The molecule has 0 aliphatic carbocycles. The fourth-order valence-electron chi connectivity index (χ4n) is 1.96. The molecule has 1 heterocycles. The molecule has 23 heavy (non-hydrogen) atoms. The third kappa shape index (κ3) is 4.75. The van der Waals surface area contributed by atoms with Gasteiger partial charge in [0.1, 0.15) is 6.61 Å². The van der Waals surface area contributed by atoms with Gasteiger partial charge in [0, 0.05) is 17.9 Å². The summed E-state index contributed by atoms with van der Waals surface area (Å²) < 4.78 is 42.7. The molecule has 1 aromatic carbocycles. The van der Waals surface area contributed by atoms with Gasteiger partial charge in [-0.2, -0.15) is 13.2 Å². The van der Waals surface area contributed by atoms with E-state index in [0.29, 0.717) is 6.42 Å². The van der Waals surface area contributed by atoms with E-state index in [1.165, 1.54) is 18.3 Å². The van der Waals surface area contributed by atoms with Gasteiger partial charge in [-0.05, 0) is 24.1 Å². The Bertz CT molecular complexity index is 670. The number of hydrogen-bond acceptors (Lipinski definition) is 3. The van der Waals surface area contributed by atoms with E-state index in [1.54, 1.807) is 0 Å². The van der Waals surface area contributed by atoms with Crippen LogP contribution in [0, 0.1) is 0 Å². The van der Waals surface area contributed by atoms with Crippen LogP contribution in [-0.4, -0.2) is 28.5 Å². The molecule has 0 bridgehead atoms. The second-order valence-corrected chi connectivity index (χ2v) is 6.72. The average molecular weight is 345 g/mol. The lowest BCUT2D eigenvalue weighted by Crippen LogP contribution is -2.11. The number of amides is 1. The maximum Gasteiger partial charge on any atom is 0.416 e. The maximum absolute atomic E-state index is 12.6. The highest BCUT2D eigenvalue weighted by Crippen LogP contribution is 2.30. The molecule has 0 saturated carbocycles. The quantitative estimate of drug-likeness (QED) is 0.602. The number of hydrogen-bond donors (Lipinski definition) is 0. The molecule has 2 rings (SSSR count). The molecule has 0 radical (unpaired) electrons. The number of carbonyl (C=O) groups excluding carboxylic acids is 2. The maximum atomic E-state index is 12.6. The number of ether oxygens (including phenoxy) is 1. The van der Waals surface area contributed by atoms with Crippen LogP contribution in [0.4, 0.5) is 18.0 Å². The van der Waals surface area contributed by atoms with Gasteiger partial charge in [-0.3, -0.25) is 9.59 Å². The van der Waals surface area contributed by atoms with Crippen molar-refractivity contribution in [1.82, 2.24) is 0 Å². The van der Waals surface area contributed by atoms with E-state index in [0.717, 1.165) is 12.1 Å². The normalized spacial score (nSPS) is 20.7. The molecule has 0 N–H and O–H groups in total. The van der Waals surface area contributed by atoms with Gasteiger partial charge in [0.25, 0.3) is 5.24 Å². The van der Waals surface area contributed by atoms with Crippen molar-refractivity contribution in [2.24, 2.45) is 4.99 Å². The summed E-state index contributed by atoms with van der Waals surface area (Å²) in [4.78, 5) is 26.5.